The summed E-state index contributed by atoms with van der Waals surface area (Å²) in [5, 5.41) is 13.2. The van der Waals surface area contributed by atoms with E-state index in [-0.39, 0.29) is 18.1 Å². The average molecular weight is 264 g/mol. The lowest BCUT2D eigenvalue weighted by atomic mass is 9.92. The highest BCUT2D eigenvalue weighted by atomic mass is 16.5. The van der Waals surface area contributed by atoms with E-state index in [0.717, 1.165) is 25.7 Å². The van der Waals surface area contributed by atoms with Gasteiger partial charge in [0.05, 0.1) is 30.5 Å². The Hall–Kier alpha value is -1.62. The lowest BCUT2D eigenvalue weighted by molar-refractivity contribution is 0.0599. The number of carbonyl (C=O) groups excluding carboxylic acids is 1. The van der Waals surface area contributed by atoms with Gasteiger partial charge in [0, 0.05) is 0 Å². The van der Waals surface area contributed by atoms with E-state index >= 15 is 0 Å². The van der Waals surface area contributed by atoms with Gasteiger partial charge in [0.2, 0.25) is 0 Å². The van der Waals surface area contributed by atoms with Gasteiger partial charge in [-0.1, -0.05) is 12.8 Å². The van der Waals surface area contributed by atoms with Gasteiger partial charge >= 0.3 is 5.97 Å². The zero-order chi connectivity index (χ0) is 13.8. The molecule has 0 saturated heterocycles. The van der Waals surface area contributed by atoms with Gasteiger partial charge in [0.15, 0.2) is 0 Å². The molecule has 0 bridgehead atoms. The highest BCUT2D eigenvalue weighted by molar-refractivity contribution is 5.90. The monoisotopic (exact) mass is 264 g/mol. The number of rotatable bonds is 3. The summed E-state index contributed by atoms with van der Waals surface area (Å²) in [6, 6.07) is 3.50. The number of hydrogen-bond donors (Lipinski definition) is 2. The van der Waals surface area contributed by atoms with Crippen LogP contribution in [0.15, 0.2) is 12.1 Å². The van der Waals surface area contributed by atoms with Crippen molar-refractivity contribution in [3.8, 4) is 0 Å². The van der Waals surface area contributed by atoms with Crippen LogP contribution in [0.4, 0.5) is 5.82 Å². The number of aromatic nitrogens is 1. The van der Waals surface area contributed by atoms with Crippen LogP contribution >= 0.6 is 0 Å². The number of aliphatic hydroxyl groups excluding tert-OH is 1. The van der Waals surface area contributed by atoms with Crippen LogP contribution in [0.2, 0.25) is 0 Å². The fraction of sp³-hybridized carbons (Fsp3) is 0.571. The van der Waals surface area contributed by atoms with Gasteiger partial charge in [0.1, 0.15) is 5.82 Å². The van der Waals surface area contributed by atoms with E-state index in [1.165, 1.54) is 7.11 Å². The molecular weight excluding hydrogens is 244 g/mol. The number of carbonyl (C=O) groups is 1. The molecule has 0 aromatic carbocycles. The Balaban J connectivity index is 2.09. The second kappa shape index (κ2) is 6.02. The van der Waals surface area contributed by atoms with Gasteiger partial charge in [-0.15, -0.1) is 0 Å². The number of nitrogens with zero attached hydrogens (tertiary/aromatic N) is 1. The van der Waals surface area contributed by atoms with Crippen molar-refractivity contribution in [2.45, 2.75) is 44.8 Å². The van der Waals surface area contributed by atoms with Gasteiger partial charge in [0.25, 0.3) is 0 Å². The Morgan fingerprint density at radius 1 is 1.42 bits per heavy atom. The normalized spacial score (nSPS) is 22.9. The standard InChI is InChI=1S/C14H20N2O3/c1-9-10(14(18)19-2)7-8-13(15-9)16-11-5-3-4-6-12(11)17/h7-8,11-12,17H,3-6H2,1-2H3,(H,15,16)/t11-,12-/m0/s1. The molecule has 104 valence electrons. The molecule has 1 aromatic rings. The van der Waals surface area contributed by atoms with Crippen LogP contribution < -0.4 is 5.32 Å². The molecule has 0 unspecified atom stereocenters. The minimum Gasteiger partial charge on any atom is -0.465 e. The first-order valence-electron chi connectivity index (χ1n) is 6.62. The van der Waals surface area contributed by atoms with E-state index < -0.39 is 0 Å². The van der Waals surface area contributed by atoms with Crippen molar-refractivity contribution in [3.05, 3.63) is 23.4 Å². The van der Waals surface area contributed by atoms with Crippen molar-refractivity contribution in [3.63, 3.8) is 0 Å². The van der Waals surface area contributed by atoms with E-state index in [1.54, 1.807) is 19.1 Å². The van der Waals surface area contributed by atoms with Crippen LogP contribution in [0, 0.1) is 6.92 Å². The van der Waals surface area contributed by atoms with Gasteiger partial charge < -0.3 is 15.2 Å². The smallest absolute Gasteiger partial charge is 0.339 e. The maximum atomic E-state index is 11.5. The Morgan fingerprint density at radius 2 is 2.16 bits per heavy atom. The number of aliphatic hydroxyl groups is 1. The van der Waals surface area contributed by atoms with Crippen molar-refractivity contribution < 1.29 is 14.6 Å². The van der Waals surface area contributed by atoms with Crippen molar-refractivity contribution in [2.24, 2.45) is 0 Å². The molecule has 1 heterocycles. The second-order valence-corrected chi connectivity index (χ2v) is 4.92. The Kier molecular flexibility index (Phi) is 4.37. The maximum Gasteiger partial charge on any atom is 0.339 e. The molecule has 19 heavy (non-hydrogen) atoms. The average Bonchev–Trinajstić information content (AvgIpc) is 2.41. The molecule has 1 aromatic heterocycles. The van der Waals surface area contributed by atoms with Crippen LogP contribution in [0.1, 0.15) is 41.7 Å². The summed E-state index contributed by atoms with van der Waals surface area (Å²) in [7, 11) is 1.35. The van der Waals surface area contributed by atoms with Gasteiger partial charge in [-0.2, -0.15) is 0 Å². The summed E-state index contributed by atoms with van der Waals surface area (Å²) < 4.78 is 4.68. The first kappa shape index (κ1) is 13.8. The lowest BCUT2D eigenvalue weighted by Crippen LogP contribution is -2.36. The quantitative estimate of drug-likeness (QED) is 0.816. The number of ether oxygens (including phenoxy) is 1. The number of hydrogen-bond acceptors (Lipinski definition) is 5. The molecule has 1 saturated carbocycles. The Bertz CT molecular complexity index is 462. The van der Waals surface area contributed by atoms with Crippen LogP contribution in [0.25, 0.3) is 0 Å². The Labute approximate surface area is 113 Å². The van der Waals surface area contributed by atoms with E-state index in [2.05, 4.69) is 15.0 Å². The number of anilines is 1. The molecule has 1 fully saturated rings. The minimum atomic E-state index is -0.380. The van der Waals surface area contributed by atoms with Crippen LogP contribution in [0.5, 0.6) is 0 Å². The lowest BCUT2D eigenvalue weighted by Gasteiger charge is -2.28. The fourth-order valence-electron chi connectivity index (χ4n) is 2.44. The van der Waals surface area contributed by atoms with Gasteiger partial charge in [-0.25, -0.2) is 9.78 Å². The molecule has 5 nitrogen and oxygen atoms in total. The third-order valence-electron chi connectivity index (χ3n) is 3.55. The molecule has 2 N–H and O–H groups in total. The van der Waals surface area contributed by atoms with Crippen molar-refractivity contribution in [2.75, 3.05) is 12.4 Å². The van der Waals surface area contributed by atoms with Gasteiger partial charge in [-0.3, -0.25) is 0 Å². The number of methoxy groups -OCH3 is 1. The SMILES string of the molecule is COC(=O)c1ccc(N[C@H]2CCCC[C@@H]2O)nc1C. The summed E-state index contributed by atoms with van der Waals surface area (Å²) >= 11 is 0. The molecule has 0 radical (unpaired) electrons. The minimum absolute atomic E-state index is 0.0460. The summed E-state index contributed by atoms with van der Waals surface area (Å²) in [5.74, 6) is 0.311. The van der Waals surface area contributed by atoms with Crippen LogP contribution in [0.3, 0.4) is 0 Å². The van der Waals surface area contributed by atoms with E-state index in [9.17, 15) is 9.90 Å². The molecule has 0 aliphatic heterocycles. The summed E-state index contributed by atoms with van der Waals surface area (Å²) in [4.78, 5) is 15.8. The molecular formula is C14H20N2O3. The Morgan fingerprint density at radius 3 is 2.79 bits per heavy atom. The van der Waals surface area contributed by atoms with Crippen molar-refractivity contribution in [1.82, 2.24) is 4.98 Å². The van der Waals surface area contributed by atoms with Crippen molar-refractivity contribution >= 4 is 11.8 Å². The zero-order valence-electron chi connectivity index (χ0n) is 11.3. The molecule has 0 spiro atoms. The summed E-state index contributed by atoms with van der Waals surface area (Å²) in [6.45, 7) is 1.77. The van der Waals surface area contributed by atoms with Gasteiger partial charge in [-0.05, 0) is 31.9 Å². The highest BCUT2D eigenvalue weighted by Crippen LogP contribution is 2.22. The predicted molar refractivity (Wildman–Crippen MR) is 72.2 cm³/mol. The van der Waals surface area contributed by atoms with E-state index in [4.69, 9.17) is 0 Å². The van der Waals surface area contributed by atoms with Crippen molar-refractivity contribution in [1.29, 1.82) is 0 Å². The van der Waals surface area contributed by atoms with Crippen LogP contribution in [-0.2, 0) is 4.74 Å². The molecule has 2 rings (SSSR count). The largest absolute Gasteiger partial charge is 0.465 e. The maximum absolute atomic E-state index is 11.5. The molecule has 1 aliphatic carbocycles. The zero-order valence-corrected chi connectivity index (χ0v) is 11.3. The number of nitrogens with one attached hydrogen (secondary N) is 1. The number of pyridine rings is 1. The van der Waals surface area contributed by atoms with E-state index in [0.29, 0.717) is 17.1 Å². The van der Waals surface area contributed by atoms with E-state index in [1.807, 2.05) is 0 Å². The first-order valence-corrected chi connectivity index (χ1v) is 6.62. The highest BCUT2D eigenvalue weighted by Gasteiger charge is 2.23. The fourth-order valence-corrected chi connectivity index (χ4v) is 2.44. The summed E-state index contributed by atoms with van der Waals surface area (Å²) in [5.41, 5.74) is 1.10. The topological polar surface area (TPSA) is 71.5 Å². The predicted octanol–water partition coefficient (Wildman–Crippen LogP) is 1.89. The third kappa shape index (κ3) is 3.23. The molecule has 5 heteroatoms. The molecule has 0 amide bonds. The third-order valence-corrected chi connectivity index (χ3v) is 3.55. The summed E-state index contributed by atoms with van der Waals surface area (Å²) in [6.07, 6.45) is 3.65. The molecule has 1 aliphatic rings. The number of aryl methyl sites for hydroxylation is 1. The molecule has 2 atom stereocenters. The van der Waals surface area contributed by atoms with Crippen LogP contribution in [-0.4, -0.2) is 35.3 Å². The number of esters is 1. The first-order chi connectivity index (χ1) is 9.11. The second-order valence-electron chi connectivity index (χ2n) is 4.92.